The van der Waals surface area contributed by atoms with Gasteiger partial charge in [-0.3, -0.25) is 9.69 Å². The third kappa shape index (κ3) is 5.42. The van der Waals surface area contributed by atoms with Gasteiger partial charge < -0.3 is 10.2 Å². The summed E-state index contributed by atoms with van der Waals surface area (Å²) in [6.45, 7) is 5.76. The SMILES string of the molecule is CN(Cc1cccc2cc(CN3CCNCC3)ccc12)C(=O)c1ccc(-c2ccc(F)cc2)cc1. The quantitative estimate of drug-likeness (QED) is 0.417. The molecule has 0 atom stereocenters. The lowest BCUT2D eigenvalue weighted by Gasteiger charge is -2.27. The van der Waals surface area contributed by atoms with Crippen molar-refractivity contribution in [1.29, 1.82) is 0 Å². The number of benzene rings is 4. The first-order valence-electron chi connectivity index (χ1n) is 12.1. The van der Waals surface area contributed by atoms with E-state index in [2.05, 4.69) is 46.6 Å². The van der Waals surface area contributed by atoms with E-state index in [4.69, 9.17) is 0 Å². The molecule has 0 unspecified atom stereocenters. The average Bonchev–Trinajstić information content (AvgIpc) is 2.89. The van der Waals surface area contributed by atoms with E-state index in [0.717, 1.165) is 49.4 Å². The Hall–Kier alpha value is -3.54. The zero-order chi connectivity index (χ0) is 24.2. The van der Waals surface area contributed by atoms with Crippen molar-refractivity contribution >= 4 is 16.7 Å². The summed E-state index contributed by atoms with van der Waals surface area (Å²) in [6, 6.07) is 26.9. The van der Waals surface area contributed by atoms with E-state index >= 15 is 0 Å². The van der Waals surface area contributed by atoms with Gasteiger partial charge in [0.15, 0.2) is 0 Å². The molecule has 1 amide bonds. The lowest BCUT2D eigenvalue weighted by Crippen LogP contribution is -2.42. The van der Waals surface area contributed by atoms with E-state index in [0.29, 0.717) is 12.1 Å². The number of nitrogens with one attached hydrogen (secondary N) is 1. The van der Waals surface area contributed by atoms with Gasteiger partial charge in [0.05, 0.1) is 0 Å². The summed E-state index contributed by atoms with van der Waals surface area (Å²) in [4.78, 5) is 17.4. The Kier molecular flexibility index (Phi) is 6.89. The van der Waals surface area contributed by atoms with E-state index in [9.17, 15) is 9.18 Å². The molecule has 0 bridgehead atoms. The standard InChI is InChI=1S/C30H30FN3O/c1-33(30(35)25-8-6-23(7-9-25)24-10-12-28(31)13-11-24)21-27-4-2-3-26-19-22(5-14-29(26)27)20-34-17-15-32-16-18-34/h2-14,19,32H,15-18,20-21H2,1H3. The number of piperazine rings is 1. The number of carbonyl (C=O) groups excluding carboxylic acids is 1. The minimum atomic E-state index is -0.258. The molecular weight excluding hydrogens is 437 g/mol. The molecule has 0 saturated carbocycles. The van der Waals surface area contributed by atoms with E-state index in [1.165, 1.54) is 28.5 Å². The maximum Gasteiger partial charge on any atom is 0.253 e. The predicted molar refractivity (Wildman–Crippen MR) is 140 cm³/mol. The minimum Gasteiger partial charge on any atom is -0.337 e. The molecule has 1 saturated heterocycles. The van der Waals surface area contributed by atoms with Gasteiger partial charge >= 0.3 is 0 Å². The molecule has 0 aromatic heterocycles. The largest absolute Gasteiger partial charge is 0.337 e. The van der Waals surface area contributed by atoms with Crippen molar-refractivity contribution in [2.24, 2.45) is 0 Å². The molecule has 1 aliphatic heterocycles. The molecule has 1 fully saturated rings. The van der Waals surface area contributed by atoms with Gasteiger partial charge in [0.25, 0.3) is 5.91 Å². The van der Waals surface area contributed by atoms with Crippen LogP contribution in [0, 0.1) is 5.82 Å². The molecule has 0 radical (unpaired) electrons. The Bertz CT molecular complexity index is 1310. The number of nitrogens with zero attached hydrogens (tertiary/aromatic N) is 2. The van der Waals surface area contributed by atoms with E-state index in [-0.39, 0.29) is 11.7 Å². The third-order valence-electron chi connectivity index (χ3n) is 6.71. The summed E-state index contributed by atoms with van der Waals surface area (Å²) in [5.74, 6) is -0.283. The maximum atomic E-state index is 13.2. The van der Waals surface area contributed by atoms with Gasteiger partial charge in [0, 0.05) is 51.9 Å². The van der Waals surface area contributed by atoms with Crippen LogP contribution in [0.25, 0.3) is 21.9 Å². The van der Waals surface area contributed by atoms with Crippen LogP contribution in [0.5, 0.6) is 0 Å². The molecule has 1 N–H and O–H groups in total. The summed E-state index contributed by atoms with van der Waals surface area (Å²) in [5.41, 5.74) is 4.97. The van der Waals surface area contributed by atoms with Crippen LogP contribution >= 0.6 is 0 Å². The number of amides is 1. The second-order valence-electron chi connectivity index (χ2n) is 9.24. The van der Waals surface area contributed by atoms with Crippen molar-refractivity contribution in [3.8, 4) is 11.1 Å². The van der Waals surface area contributed by atoms with Gasteiger partial charge in [-0.15, -0.1) is 0 Å². The number of halogens is 1. The normalized spacial score (nSPS) is 14.2. The second kappa shape index (κ2) is 10.4. The molecule has 4 aromatic carbocycles. The number of rotatable bonds is 6. The summed E-state index contributed by atoms with van der Waals surface area (Å²) >= 11 is 0. The average molecular weight is 468 g/mol. The maximum absolute atomic E-state index is 13.2. The second-order valence-corrected chi connectivity index (χ2v) is 9.24. The Morgan fingerprint density at radius 3 is 2.31 bits per heavy atom. The fourth-order valence-corrected chi connectivity index (χ4v) is 4.76. The van der Waals surface area contributed by atoms with Crippen LogP contribution in [0.15, 0.2) is 84.9 Å². The molecule has 5 heteroatoms. The van der Waals surface area contributed by atoms with Crippen molar-refractivity contribution < 1.29 is 9.18 Å². The van der Waals surface area contributed by atoms with Crippen LogP contribution in [0.2, 0.25) is 0 Å². The smallest absolute Gasteiger partial charge is 0.253 e. The van der Waals surface area contributed by atoms with E-state index in [1.807, 2.05) is 31.3 Å². The predicted octanol–water partition coefficient (Wildman–Crippen LogP) is 5.32. The molecule has 0 spiro atoms. The van der Waals surface area contributed by atoms with Gasteiger partial charge in [-0.05, 0) is 63.4 Å². The summed E-state index contributed by atoms with van der Waals surface area (Å²) < 4.78 is 13.2. The molecule has 178 valence electrons. The molecule has 4 nitrogen and oxygen atoms in total. The minimum absolute atomic E-state index is 0.0250. The molecule has 35 heavy (non-hydrogen) atoms. The van der Waals surface area contributed by atoms with Crippen LogP contribution in [0.1, 0.15) is 21.5 Å². The highest BCUT2D eigenvalue weighted by molar-refractivity contribution is 5.95. The van der Waals surface area contributed by atoms with Gasteiger partial charge in [0.2, 0.25) is 0 Å². The zero-order valence-corrected chi connectivity index (χ0v) is 20.0. The lowest BCUT2D eigenvalue weighted by molar-refractivity contribution is 0.0785. The topological polar surface area (TPSA) is 35.6 Å². The Morgan fingerprint density at radius 1 is 0.914 bits per heavy atom. The highest BCUT2D eigenvalue weighted by atomic mass is 19.1. The van der Waals surface area contributed by atoms with Crippen molar-refractivity contribution in [3.63, 3.8) is 0 Å². The zero-order valence-electron chi connectivity index (χ0n) is 20.0. The van der Waals surface area contributed by atoms with E-state index in [1.54, 1.807) is 17.0 Å². The molecule has 1 aliphatic rings. The van der Waals surface area contributed by atoms with Gasteiger partial charge in [-0.25, -0.2) is 4.39 Å². The summed E-state index contributed by atoms with van der Waals surface area (Å²) in [7, 11) is 1.84. The summed E-state index contributed by atoms with van der Waals surface area (Å²) in [6.07, 6.45) is 0. The molecular formula is C30H30FN3O. The van der Waals surface area contributed by atoms with Crippen LogP contribution in [0.3, 0.4) is 0 Å². The van der Waals surface area contributed by atoms with E-state index < -0.39 is 0 Å². The first-order valence-corrected chi connectivity index (χ1v) is 12.1. The Balaban J connectivity index is 1.29. The van der Waals surface area contributed by atoms with Gasteiger partial charge in [0.1, 0.15) is 5.82 Å². The highest BCUT2D eigenvalue weighted by Crippen LogP contribution is 2.24. The molecule has 4 aromatic rings. The molecule has 0 aliphatic carbocycles. The van der Waals surface area contributed by atoms with Crippen LogP contribution in [-0.2, 0) is 13.1 Å². The first-order chi connectivity index (χ1) is 17.1. The van der Waals surface area contributed by atoms with Crippen LogP contribution < -0.4 is 5.32 Å². The lowest BCUT2D eigenvalue weighted by atomic mass is 10.0. The number of fused-ring (bicyclic) bond motifs is 1. The van der Waals surface area contributed by atoms with Gasteiger partial charge in [-0.2, -0.15) is 0 Å². The monoisotopic (exact) mass is 467 g/mol. The number of hydrogen-bond donors (Lipinski definition) is 1. The summed E-state index contributed by atoms with van der Waals surface area (Å²) in [5, 5.41) is 5.79. The van der Waals surface area contributed by atoms with Crippen LogP contribution in [-0.4, -0.2) is 48.9 Å². The first kappa shape index (κ1) is 23.2. The fraction of sp³-hybridized carbons (Fsp3) is 0.233. The van der Waals surface area contributed by atoms with Crippen molar-refractivity contribution in [2.45, 2.75) is 13.1 Å². The number of carbonyl (C=O) groups is 1. The Labute approximate surface area is 206 Å². The van der Waals surface area contributed by atoms with Crippen molar-refractivity contribution in [1.82, 2.24) is 15.1 Å². The van der Waals surface area contributed by atoms with Crippen molar-refractivity contribution in [2.75, 3.05) is 33.2 Å². The van der Waals surface area contributed by atoms with Crippen molar-refractivity contribution in [3.05, 3.63) is 107 Å². The van der Waals surface area contributed by atoms with Crippen LogP contribution in [0.4, 0.5) is 4.39 Å². The molecule has 5 rings (SSSR count). The Morgan fingerprint density at radius 2 is 1.60 bits per heavy atom. The number of hydrogen-bond acceptors (Lipinski definition) is 3. The molecule has 1 heterocycles. The fourth-order valence-electron chi connectivity index (χ4n) is 4.76. The van der Waals surface area contributed by atoms with Gasteiger partial charge in [-0.1, -0.05) is 54.6 Å². The highest BCUT2D eigenvalue weighted by Gasteiger charge is 2.15. The third-order valence-corrected chi connectivity index (χ3v) is 6.71.